The van der Waals surface area contributed by atoms with Gasteiger partial charge in [0.1, 0.15) is 11.5 Å². The highest BCUT2D eigenvalue weighted by Crippen LogP contribution is 2.29. The number of aromatic nitrogens is 1. The molecular weight excluding hydrogens is 364 g/mol. The van der Waals surface area contributed by atoms with Crippen LogP contribution in [0, 0.1) is 6.92 Å². The topological polar surface area (TPSA) is 66.9 Å². The second kappa shape index (κ2) is 8.47. The molecule has 1 aromatic carbocycles. The van der Waals surface area contributed by atoms with Crippen molar-refractivity contribution in [1.29, 1.82) is 0 Å². The fourth-order valence-corrected chi connectivity index (χ4v) is 3.98. The lowest BCUT2D eigenvalue weighted by Crippen LogP contribution is -2.52. The highest BCUT2D eigenvalue weighted by atomic mass is 32.1. The molecule has 1 fully saturated rings. The summed E-state index contributed by atoms with van der Waals surface area (Å²) < 4.78 is 10.7. The standard InChI is InChI=1S/C19H26N4O3S/c1-13-12-27-19(20-13)23-9-7-22(8-10-23)18(24)21-14(2)16-6-5-15(25-3)11-17(16)26-4/h5-6,11-12,14H,7-10H2,1-4H3,(H,21,24)/t14-/m1/s1. The number of aryl methyl sites for hydroxylation is 1. The third-order valence-electron chi connectivity index (χ3n) is 4.69. The normalized spacial score (nSPS) is 15.4. The van der Waals surface area contributed by atoms with Crippen molar-refractivity contribution < 1.29 is 14.3 Å². The number of hydrogen-bond acceptors (Lipinski definition) is 6. The van der Waals surface area contributed by atoms with Gasteiger partial charge in [-0.3, -0.25) is 0 Å². The summed E-state index contributed by atoms with van der Waals surface area (Å²) in [5.41, 5.74) is 1.96. The SMILES string of the molecule is COc1ccc([C@@H](C)NC(=O)N2CCN(c3nc(C)cs3)CC2)c(OC)c1. The molecular formula is C19H26N4O3S. The molecule has 2 heterocycles. The summed E-state index contributed by atoms with van der Waals surface area (Å²) in [5, 5.41) is 6.16. The number of nitrogens with zero attached hydrogens (tertiary/aromatic N) is 3. The highest BCUT2D eigenvalue weighted by molar-refractivity contribution is 7.13. The number of methoxy groups -OCH3 is 2. The van der Waals surface area contributed by atoms with Crippen LogP contribution < -0.4 is 19.7 Å². The first-order chi connectivity index (χ1) is 13.0. The Morgan fingerprint density at radius 3 is 2.56 bits per heavy atom. The number of rotatable bonds is 5. The molecule has 1 atom stereocenters. The smallest absolute Gasteiger partial charge is 0.317 e. The summed E-state index contributed by atoms with van der Waals surface area (Å²) in [6.45, 7) is 6.89. The van der Waals surface area contributed by atoms with Gasteiger partial charge in [-0.25, -0.2) is 9.78 Å². The van der Waals surface area contributed by atoms with E-state index in [1.165, 1.54) is 0 Å². The average molecular weight is 391 g/mol. The van der Waals surface area contributed by atoms with Gasteiger partial charge in [-0.2, -0.15) is 0 Å². The predicted octanol–water partition coefficient (Wildman–Crippen LogP) is 3.06. The van der Waals surface area contributed by atoms with Gasteiger partial charge in [0, 0.05) is 43.2 Å². The molecule has 8 heteroatoms. The van der Waals surface area contributed by atoms with E-state index in [2.05, 4.69) is 20.6 Å². The van der Waals surface area contributed by atoms with Gasteiger partial charge < -0.3 is 24.6 Å². The zero-order valence-electron chi connectivity index (χ0n) is 16.2. The van der Waals surface area contributed by atoms with Crippen LogP contribution in [-0.2, 0) is 0 Å². The van der Waals surface area contributed by atoms with E-state index in [4.69, 9.17) is 9.47 Å². The van der Waals surface area contributed by atoms with Crippen LogP contribution in [0.15, 0.2) is 23.6 Å². The number of nitrogens with one attached hydrogen (secondary N) is 1. The molecule has 1 saturated heterocycles. The molecule has 3 rings (SSSR count). The van der Waals surface area contributed by atoms with E-state index in [9.17, 15) is 4.79 Å². The number of amides is 2. The molecule has 0 saturated carbocycles. The number of benzene rings is 1. The van der Waals surface area contributed by atoms with Crippen molar-refractivity contribution in [2.45, 2.75) is 19.9 Å². The first-order valence-corrected chi connectivity index (χ1v) is 9.84. The van der Waals surface area contributed by atoms with Gasteiger partial charge in [0.15, 0.2) is 5.13 Å². The summed E-state index contributed by atoms with van der Waals surface area (Å²) >= 11 is 1.65. The number of piperazine rings is 1. The second-order valence-electron chi connectivity index (χ2n) is 6.52. The quantitative estimate of drug-likeness (QED) is 0.850. The molecule has 2 amide bonds. The first-order valence-electron chi connectivity index (χ1n) is 8.96. The van der Waals surface area contributed by atoms with Crippen molar-refractivity contribution in [3.63, 3.8) is 0 Å². The van der Waals surface area contributed by atoms with E-state index >= 15 is 0 Å². The van der Waals surface area contributed by atoms with Gasteiger partial charge in [-0.1, -0.05) is 0 Å². The maximum Gasteiger partial charge on any atom is 0.317 e. The van der Waals surface area contributed by atoms with E-state index in [0.29, 0.717) is 18.8 Å². The molecule has 0 unspecified atom stereocenters. The molecule has 27 heavy (non-hydrogen) atoms. The lowest BCUT2D eigenvalue weighted by atomic mass is 10.1. The van der Waals surface area contributed by atoms with Crippen molar-refractivity contribution >= 4 is 22.5 Å². The number of carbonyl (C=O) groups is 1. The molecule has 0 aliphatic carbocycles. The summed E-state index contributed by atoms with van der Waals surface area (Å²) in [6, 6.07) is 5.39. The van der Waals surface area contributed by atoms with Crippen molar-refractivity contribution in [2.75, 3.05) is 45.3 Å². The zero-order valence-corrected chi connectivity index (χ0v) is 17.0. The Bertz CT molecular complexity index is 787. The number of thiazole rings is 1. The van der Waals surface area contributed by atoms with Gasteiger partial charge in [0.2, 0.25) is 0 Å². The fraction of sp³-hybridized carbons (Fsp3) is 0.474. The van der Waals surface area contributed by atoms with Gasteiger partial charge >= 0.3 is 6.03 Å². The van der Waals surface area contributed by atoms with E-state index < -0.39 is 0 Å². The minimum Gasteiger partial charge on any atom is -0.497 e. The number of carbonyl (C=O) groups excluding carboxylic acids is 1. The highest BCUT2D eigenvalue weighted by Gasteiger charge is 2.24. The zero-order chi connectivity index (χ0) is 19.4. The summed E-state index contributed by atoms with van der Waals surface area (Å²) in [5.74, 6) is 1.42. The number of hydrogen-bond donors (Lipinski definition) is 1. The molecule has 1 N–H and O–H groups in total. The van der Waals surface area contributed by atoms with Gasteiger partial charge in [0.25, 0.3) is 0 Å². The Hall–Kier alpha value is -2.48. The van der Waals surface area contributed by atoms with E-state index in [1.807, 2.05) is 36.9 Å². The average Bonchev–Trinajstić information content (AvgIpc) is 3.13. The summed E-state index contributed by atoms with van der Waals surface area (Å²) in [6.07, 6.45) is 0. The lowest BCUT2D eigenvalue weighted by molar-refractivity contribution is 0.191. The van der Waals surface area contributed by atoms with E-state index in [-0.39, 0.29) is 12.1 Å². The lowest BCUT2D eigenvalue weighted by Gasteiger charge is -2.35. The van der Waals surface area contributed by atoms with Crippen LogP contribution in [0.2, 0.25) is 0 Å². The number of urea groups is 1. The van der Waals surface area contributed by atoms with Crippen molar-refractivity contribution in [2.24, 2.45) is 0 Å². The molecule has 0 bridgehead atoms. The van der Waals surface area contributed by atoms with E-state index in [0.717, 1.165) is 35.2 Å². The van der Waals surface area contributed by atoms with Crippen LogP contribution in [0.4, 0.5) is 9.93 Å². The molecule has 1 aliphatic heterocycles. The van der Waals surface area contributed by atoms with Crippen molar-refractivity contribution in [3.05, 3.63) is 34.8 Å². The number of ether oxygens (including phenoxy) is 2. The molecule has 1 aromatic heterocycles. The second-order valence-corrected chi connectivity index (χ2v) is 7.36. The summed E-state index contributed by atoms with van der Waals surface area (Å²) in [7, 11) is 3.23. The maximum atomic E-state index is 12.7. The molecule has 2 aromatic rings. The third-order valence-corrected chi connectivity index (χ3v) is 5.71. The molecule has 0 spiro atoms. The predicted molar refractivity (Wildman–Crippen MR) is 107 cm³/mol. The Morgan fingerprint density at radius 1 is 1.22 bits per heavy atom. The third kappa shape index (κ3) is 4.44. The van der Waals surface area contributed by atoms with Crippen LogP contribution in [0.1, 0.15) is 24.2 Å². The molecule has 0 radical (unpaired) electrons. The number of anilines is 1. The van der Waals surface area contributed by atoms with Crippen LogP contribution in [0.3, 0.4) is 0 Å². The van der Waals surface area contributed by atoms with Crippen LogP contribution in [0.25, 0.3) is 0 Å². The van der Waals surface area contributed by atoms with Gasteiger partial charge in [0.05, 0.1) is 26.0 Å². The monoisotopic (exact) mass is 390 g/mol. The van der Waals surface area contributed by atoms with Crippen LogP contribution in [-0.4, -0.2) is 56.3 Å². The van der Waals surface area contributed by atoms with Gasteiger partial charge in [-0.15, -0.1) is 11.3 Å². The summed E-state index contributed by atoms with van der Waals surface area (Å²) in [4.78, 5) is 21.3. The maximum absolute atomic E-state index is 12.7. The Kier molecular flexibility index (Phi) is 6.05. The molecule has 146 valence electrons. The van der Waals surface area contributed by atoms with E-state index in [1.54, 1.807) is 25.6 Å². The van der Waals surface area contributed by atoms with Gasteiger partial charge in [-0.05, 0) is 26.0 Å². The Morgan fingerprint density at radius 2 is 1.96 bits per heavy atom. The Balaban J connectivity index is 1.58. The molecule has 7 nitrogen and oxygen atoms in total. The van der Waals surface area contributed by atoms with Crippen molar-refractivity contribution in [1.82, 2.24) is 15.2 Å². The molecule has 1 aliphatic rings. The largest absolute Gasteiger partial charge is 0.497 e. The first kappa shape index (κ1) is 19.3. The van der Waals surface area contributed by atoms with Crippen LogP contribution in [0.5, 0.6) is 11.5 Å². The minimum atomic E-state index is -0.169. The minimum absolute atomic E-state index is 0.0599. The van der Waals surface area contributed by atoms with Crippen LogP contribution >= 0.6 is 11.3 Å². The fourth-order valence-electron chi connectivity index (χ4n) is 3.12. The van der Waals surface area contributed by atoms with Crippen molar-refractivity contribution in [3.8, 4) is 11.5 Å². The Labute approximate surface area is 163 Å².